The van der Waals surface area contributed by atoms with E-state index in [9.17, 15) is 18.0 Å². The van der Waals surface area contributed by atoms with Crippen molar-refractivity contribution in [3.05, 3.63) is 129 Å². The van der Waals surface area contributed by atoms with Gasteiger partial charge in [0.15, 0.2) is 0 Å². The molecule has 0 unspecified atom stereocenters. The Labute approximate surface area is 267 Å². The summed E-state index contributed by atoms with van der Waals surface area (Å²) in [6, 6.07) is 25.7. The Balaban J connectivity index is 1.81. The minimum absolute atomic E-state index is 0.00491. The molecule has 0 aliphatic carbocycles. The quantitative estimate of drug-likeness (QED) is 0.198. The maximum Gasteiger partial charge on any atom is 0.264 e. The fraction of sp³-hybridized carbons (Fsp3) is 0.188. The standard InChI is InChI=1S/C32H30Cl3N3O4S/c1-22-11-15-28(16-12-22)43(41,42)38(27-10-6-9-25(33)18-27)21-31(39)37(20-24-13-14-26(34)19-29(24)35)30(32(40)36-2)17-23-7-4-3-5-8-23/h3-16,18-19,30H,17,20-21H2,1-2H3,(H,36,40)/t30-/m1/s1. The molecule has 7 nitrogen and oxygen atoms in total. The summed E-state index contributed by atoms with van der Waals surface area (Å²) in [4.78, 5) is 29.0. The largest absolute Gasteiger partial charge is 0.357 e. The summed E-state index contributed by atoms with van der Waals surface area (Å²) in [5.74, 6) is -1.04. The van der Waals surface area contributed by atoms with Crippen LogP contribution in [0.4, 0.5) is 5.69 Å². The fourth-order valence-electron chi connectivity index (χ4n) is 4.55. The van der Waals surface area contributed by atoms with E-state index < -0.39 is 34.4 Å². The zero-order valence-electron chi connectivity index (χ0n) is 23.5. The third-order valence-corrected chi connectivity index (χ3v) is 9.47. The van der Waals surface area contributed by atoms with Crippen LogP contribution in [0.15, 0.2) is 102 Å². The van der Waals surface area contributed by atoms with Crippen LogP contribution in [0.3, 0.4) is 0 Å². The van der Waals surface area contributed by atoms with E-state index in [2.05, 4.69) is 5.32 Å². The van der Waals surface area contributed by atoms with Crippen LogP contribution in [-0.4, -0.2) is 44.8 Å². The molecule has 0 heterocycles. The van der Waals surface area contributed by atoms with Gasteiger partial charge in [-0.15, -0.1) is 0 Å². The first-order chi connectivity index (χ1) is 20.5. The summed E-state index contributed by atoms with van der Waals surface area (Å²) in [6.45, 7) is 1.16. The van der Waals surface area contributed by atoms with E-state index in [1.165, 1.54) is 30.1 Å². The molecular weight excluding hydrogens is 629 g/mol. The Morgan fingerprint density at radius 3 is 2.14 bits per heavy atom. The molecule has 0 fully saturated rings. The Morgan fingerprint density at radius 2 is 1.51 bits per heavy atom. The Kier molecular flexibility index (Phi) is 10.7. The van der Waals surface area contributed by atoms with E-state index in [0.29, 0.717) is 20.6 Å². The highest BCUT2D eigenvalue weighted by molar-refractivity contribution is 7.92. The van der Waals surface area contributed by atoms with Crippen molar-refractivity contribution in [2.75, 3.05) is 17.9 Å². The summed E-state index contributed by atoms with van der Waals surface area (Å²) < 4.78 is 29.0. The van der Waals surface area contributed by atoms with Crippen LogP contribution in [0.25, 0.3) is 0 Å². The van der Waals surface area contributed by atoms with Crippen LogP contribution >= 0.6 is 34.8 Å². The number of likely N-dealkylation sites (N-methyl/N-ethyl adjacent to an activating group) is 1. The molecule has 4 rings (SSSR count). The van der Waals surface area contributed by atoms with Crippen molar-refractivity contribution >= 4 is 62.3 Å². The predicted molar refractivity (Wildman–Crippen MR) is 172 cm³/mol. The van der Waals surface area contributed by atoms with Crippen molar-refractivity contribution in [1.82, 2.24) is 10.2 Å². The maximum atomic E-state index is 14.3. The molecule has 4 aromatic carbocycles. The number of sulfonamides is 1. The van der Waals surface area contributed by atoms with E-state index >= 15 is 0 Å². The molecule has 4 aromatic rings. The lowest BCUT2D eigenvalue weighted by molar-refractivity contribution is -0.139. The number of nitrogens with zero attached hydrogens (tertiary/aromatic N) is 2. The highest BCUT2D eigenvalue weighted by atomic mass is 35.5. The maximum absolute atomic E-state index is 14.3. The molecule has 0 radical (unpaired) electrons. The zero-order valence-corrected chi connectivity index (χ0v) is 26.6. The number of aryl methyl sites for hydroxylation is 1. The van der Waals surface area contributed by atoms with Gasteiger partial charge in [0.2, 0.25) is 11.8 Å². The van der Waals surface area contributed by atoms with Gasteiger partial charge in [-0.3, -0.25) is 13.9 Å². The van der Waals surface area contributed by atoms with E-state index in [1.54, 1.807) is 48.5 Å². The van der Waals surface area contributed by atoms with Crippen LogP contribution in [0, 0.1) is 6.92 Å². The normalized spacial score (nSPS) is 11.9. The molecule has 1 N–H and O–H groups in total. The number of carbonyl (C=O) groups is 2. The Morgan fingerprint density at radius 1 is 0.837 bits per heavy atom. The van der Waals surface area contributed by atoms with Gasteiger partial charge < -0.3 is 10.2 Å². The lowest BCUT2D eigenvalue weighted by atomic mass is 10.0. The third-order valence-electron chi connectivity index (χ3n) is 6.86. The smallest absolute Gasteiger partial charge is 0.264 e. The van der Waals surface area contributed by atoms with Crippen LogP contribution < -0.4 is 9.62 Å². The highest BCUT2D eigenvalue weighted by Gasteiger charge is 2.34. The Bertz CT molecular complexity index is 1700. The van der Waals surface area contributed by atoms with Crippen molar-refractivity contribution < 1.29 is 18.0 Å². The number of hydrogen-bond donors (Lipinski definition) is 1. The first-order valence-corrected chi connectivity index (χ1v) is 15.9. The molecule has 0 aromatic heterocycles. The molecule has 1 atom stereocenters. The molecule has 0 spiro atoms. The Hall–Kier alpha value is -3.56. The predicted octanol–water partition coefficient (Wildman–Crippen LogP) is 6.54. The number of rotatable bonds is 11. The van der Waals surface area contributed by atoms with Crippen molar-refractivity contribution in [3.63, 3.8) is 0 Å². The first kappa shape index (κ1) is 32.4. The molecule has 0 saturated carbocycles. The average Bonchev–Trinajstić information content (AvgIpc) is 2.98. The van der Waals surface area contributed by atoms with Crippen LogP contribution in [0.2, 0.25) is 15.1 Å². The summed E-state index contributed by atoms with van der Waals surface area (Å²) in [7, 11) is -2.75. The van der Waals surface area contributed by atoms with Gasteiger partial charge in [0.1, 0.15) is 12.6 Å². The number of anilines is 1. The van der Waals surface area contributed by atoms with Crippen LogP contribution in [-0.2, 0) is 32.6 Å². The molecule has 0 aliphatic rings. The minimum Gasteiger partial charge on any atom is -0.357 e. The van der Waals surface area contributed by atoms with E-state index in [4.69, 9.17) is 34.8 Å². The molecule has 224 valence electrons. The van der Waals surface area contributed by atoms with Crippen molar-refractivity contribution in [2.45, 2.75) is 30.8 Å². The number of nitrogens with one attached hydrogen (secondary N) is 1. The molecule has 43 heavy (non-hydrogen) atoms. The number of halogens is 3. The van der Waals surface area contributed by atoms with Gasteiger partial charge >= 0.3 is 0 Å². The lowest BCUT2D eigenvalue weighted by Crippen LogP contribution is -2.53. The van der Waals surface area contributed by atoms with E-state index in [1.807, 2.05) is 37.3 Å². The van der Waals surface area contributed by atoms with Gasteiger partial charge in [0, 0.05) is 35.1 Å². The summed E-state index contributed by atoms with van der Waals surface area (Å²) in [6.07, 6.45) is 0.180. The van der Waals surface area contributed by atoms with E-state index in [-0.39, 0.29) is 23.5 Å². The molecule has 0 bridgehead atoms. The lowest BCUT2D eigenvalue weighted by Gasteiger charge is -2.33. The van der Waals surface area contributed by atoms with Gasteiger partial charge in [-0.05, 0) is 60.5 Å². The van der Waals surface area contributed by atoms with Crippen molar-refractivity contribution in [1.29, 1.82) is 0 Å². The van der Waals surface area contributed by atoms with Gasteiger partial charge in [0.05, 0.1) is 10.6 Å². The SMILES string of the molecule is CNC(=O)[C@@H](Cc1ccccc1)N(Cc1ccc(Cl)cc1Cl)C(=O)CN(c1cccc(Cl)c1)S(=O)(=O)c1ccc(C)cc1. The van der Waals surface area contributed by atoms with Gasteiger partial charge in [-0.2, -0.15) is 0 Å². The second-order valence-corrected chi connectivity index (χ2v) is 13.0. The van der Waals surface area contributed by atoms with E-state index in [0.717, 1.165) is 15.4 Å². The summed E-state index contributed by atoms with van der Waals surface area (Å²) >= 11 is 18.9. The molecule has 0 aliphatic heterocycles. The molecular formula is C32H30Cl3N3O4S. The summed E-state index contributed by atoms with van der Waals surface area (Å²) in [5, 5.41) is 3.66. The highest BCUT2D eigenvalue weighted by Crippen LogP contribution is 2.28. The average molecular weight is 659 g/mol. The molecule has 0 saturated heterocycles. The number of hydrogen-bond acceptors (Lipinski definition) is 4. The summed E-state index contributed by atoms with van der Waals surface area (Å²) in [5.41, 5.74) is 2.43. The monoisotopic (exact) mass is 657 g/mol. The number of benzene rings is 4. The van der Waals surface area contributed by atoms with Crippen LogP contribution in [0.1, 0.15) is 16.7 Å². The second kappa shape index (κ2) is 14.3. The third kappa shape index (κ3) is 8.09. The zero-order chi connectivity index (χ0) is 31.1. The van der Waals surface area contributed by atoms with Gasteiger partial charge in [0.25, 0.3) is 10.0 Å². The van der Waals surface area contributed by atoms with Crippen LogP contribution in [0.5, 0.6) is 0 Å². The van der Waals surface area contributed by atoms with Gasteiger partial charge in [-0.25, -0.2) is 8.42 Å². The topological polar surface area (TPSA) is 86.8 Å². The van der Waals surface area contributed by atoms with Crippen molar-refractivity contribution in [3.8, 4) is 0 Å². The first-order valence-electron chi connectivity index (χ1n) is 13.3. The molecule has 11 heteroatoms. The van der Waals surface area contributed by atoms with Crippen molar-refractivity contribution in [2.24, 2.45) is 0 Å². The number of amides is 2. The fourth-order valence-corrected chi connectivity index (χ4v) is 6.61. The second-order valence-electron chi connectivity index (χ2n) is 9.88. The molecule has 2 amide bonds. The van der Waals surface area contributed by atoms with Gasteiger partial charge in [-0.1, -0.05) is 95.0 Å². The number of carbonyl (C=O) groups excluding carboxylic acids is 2. The minimum atomic E-state index is -4.23.